The Morgan fingerprint density at radius 1 is 1.26 bits per heavy atom. The molecule has 0 unspecified atom stereocenters. The number of aryl methyl sites for hydroxylation is 1. The molecule has 3 atom stereocenters. The van der Waals surface area contributed by atoms with Gasteiger partial charge in [-0.1, -0.05) is 27.7 Å². The van der Waals surface area contributed by atoms with Crippen molar-refractivity contribution in [3.05, 3.63) is 47.0 Å². The van der Waals surface area contributed by atoms with Gasteiger partial charge in [-0.3, -0.25) is 9.59 Å². The van der Waals surface area contributed by atoms with Gasteiger partial charge in [0.25, 0.3) is 0 Å². The van der Waals surface area contributed by atoms with E-state index in [1.54, 1.807) is 32.0 Å². The van der Waals surface area contributed by atoms with Crippen molar-refractivity contribution in [2.45, 2.75) is 91.0 Å². The maximum atomic E-state index is 13.9. The Labute approximate surface area is 226 Å². The molecule has 1 aromatic carbocycles. The molecule has 208 valence electrons. The summed E-state index contributed by atoms with van der Waals surface area (Å²) in [5, 5.41) is 3.53. The number of carbonyl (C=O) groups excluding carboxylic acids is 2. The minimum Gasteiger partial charge on any atom is -0.417 e. The lowest BCUT2D eigenvalue weighted by Crippen LogP contribution is -2.51. The number of carbonyl (C=O) groups is 2. The summed E-state index contributed by atoms with van der Waals surface area (Å²) in [5.41, 5.74) is 7.70. The number of nitrogens with two attached hydrogens (primary N) is 1. The summed E-state index contributed by atoms with van der Waals surface area (Å²) in [5.74, 6) is -0.856. The number of aromatic nitrogens is 2. The van der Waals surface area contributed by atoms with Gasteiger partial charge >= 0.3 is 0 Å². The Morgan fingerprint density at radius 3 is 2.50 bits per heavy atom. The largest absolute Gasteiger partial charge is 0.417 e. The van der Waals surface area contributed by atoms with Gasteiger partial charge in [0.2, 0.25) is 17.8 Å². The molecule has 0 aliphatic carbocycles. The normalized spacial score (nSPS) is 19.7. The first-order chi connectivity index (χ1) is 17.7. The minimum atomic E-state index is -1.90. The summed E-state index contributed by atoms with van der Waals surface area (Å²) in [6.45, 7) is 17.0. The van der Waals surface area contributed by atoms with Crippen molar-refractivity contribution in [1.82, 2.24) is 9.97 Å². The number of nitrogens with zero attached hydrogens (tertiary/aromatic N) is 3. The van der Waals surface area contributed by atoms with E-state index in [-0.39, 0.29) is 40.6 Å². The van der Waals surface area contributed by atoms with Gasteiger partial charge in [-0.05, 0) is 68.1 Å². The average molecular weight is 544 g/mol. The van der Waals surface area contributed by atoms with Gasteiger partial charge in [0.1, 0.15) is 0 Å². The maximum Gasteiger partial charge on any atom is 0.248 e. The molecular weight excluding hydrogens is 501 g/mol. The number of hydrogen-bond donors (Lipinski definition) is 2. The van der Waals surface area contributed by atoms with Gasteiger partial charge < -0.3 is 20.4 Å². The van der Waals surface area contributed by atoms with E-state index < -0.39 is 20.0 Å². The van der Waals surface area contributed by atoms with Crippen molar-refractivity contribution in [3.8, 4) is 0 Å². The number of nitrogens with one attached hydrogen (secondary N) is 1. The zero-order chi connectivity index (χ0) is 28.4. The Balaban J connectivity index is 2.03. The fourth-order valence-electron chi connectivity index (χ4n) is 4.96. The first-order valence-corrected chi connectivity index (χ1v) is 16.2. The fraction of sp³-hybridized carbons (Fsp3) is 0.571. The van der Waals surface area contributed by atoms with Gasteiger partial charge in [-0.15, -0.1) is 0 Å². The van der Waals surface area contributed by atoms with Crippen molar-refractivity contribution < 1.29 is 18.4 Å². The second kappa shape index (κ2) is 11.5. The lowest BCUT2D eigenvalue weighted by Gasteiger charge is -2.46. The van der Waals surface area contributed by atoms with Gasteiger partial charge in [-0.25, -0.2) is 14.4 Å². The van der Waals surface area contributed by atoms with Crippen LogP contribution in [0.2, 0.25) is 18.1 Å². The van der Waals surface area contributed by atoms with Crippen LogP contribution in [0.3, 0.4) is 0 Å². The molecule has 3 rings (SSSR count). The lowest BCUT2D eigenvalue weighted by atomic mass is 9.77. The van der Waals surface area contributed by atoms with Crippen molar-refractivity contribution in [2.24, 2.45) is 11.7 Å². The van der Waals surface area contributed by atoms with E-state index >= 15 is 0 Å². The molecule has 2 heterocycles. The standard InChI is InChI=1S/C28H42FN5O3Si/c1-9-23-20(11-10-14-37-38(7,8)28(4,5)6)25(33-27-31-16-22(29)17(2)32-27)21-15-19(26(30)36)12-13-24(21)34(23)18(3)35/h12-13,15-16,20,23,25H,9-11,14H2,1-8H3,(H2,30,36)(H,31,32,33)/t20-,23-,25+/m0/s1. The molecule has 1 aliphatic rings. The highest BCUT2D eigenvalue weighted by atomic mass is 28.4. The molecule has 38 heavy (non-hydrogen) atoms. The van der Waals surface area contributed by atoms with E-state index in [2.05, 4.69) is 56.1 Å². The molecule has 0 saturated carbocycles. The quantitative estimate of drug-likeness (QED) is 0.308. The van der Waals surface area contributed by atoms with Gasteiger partial charge in [0.15, 0.2) is 14.1 Å². The first kappa shape index (κ1) is 29.7. The number of fused-ring (bicyclic) bond motifs is 1. The van der Waals surface area contributed by atoms with Crippen LogP contribution in [0.4, 0.5) is 16.0 Å². The van der Waals surface area contributed by atoms with Crippen LogP contribution in [0.5, 0.6) is 0 Å². The summed E-state index contributed by atoms with van der Waals surface area (Å²) in [7, 11) is -1.90. The van der Waals surface area contributed by atoms with Crippen LogP contribution in [0.25, 0.3) is 0 Å². The Morgan fingerprint density at radius 2 is 1.95 bits per heavy atom. The predicted molar refractivity (Wildman–Crippen MR) is 151 cm³/mol. The molecule has 1 aliphatic heterocycles. The second-order valence-electron chi connectivity index (χ2n) is 11.7. The third-order valence-corrected chi connectivity index (χ3v) is 12.6. The lowest BCUT2D eigenvalue weighted by molar-refractivity contribution is -0.117. The van der Waals surface area contributed by atoms with E-state index in [0.717, 1.165) is 36.7 Å². The van der Waals surface area contributed by atoms with Crippen molar-refractivity contribution in [1.29, 1.82) is 0 Å². The zero-order valence-corrected chi connectivity index (χ0v) is 24.9. The summed E-state index contributed by atoms with van der Waals surface area (Å²) < 4.78 is 20.4. The number of hydrogen-bond acceptors (Lipinski definition) is 6. The van der Waals surface area contributed by atoms with E-state index in [9.17, 15) is 14.0 Å². The van der Waals surface area contributed by atoms with Crippen LogP contribution in [-0.4, -0.2) is 42.7 Å². The molecule has 10 heteroatoms. The third kappa shape index (κ3) is 6.23. The van der Waals surface area contributed by atoms with Gasteiger partial charge in [-0.2, -0.15) is 0 Å². The summed E-state index contributed by atoms with van der Waals surface area (Å²) in [6, 6.07) is 4.73. The van der Waals surface area contributed by atoms with Crippen LogP contribution in [-0.2, 0) is 9.22 Å². The molecule has 1 aromatic heterocycles. The van der Waals surface area contributed by atoms with E-state index in [1.807, 2.05) is 4.90 Å². The molecule has 0 fully saturated rings. The SMILES string of the molecule is CC[C@H]1[C@H](CCCO[Si](C)(C)C(C)(C)C)[C@@H](Nc2ncc(F)c(C)n2)c2cc(C(N)=O)ccc2N1C(C)=O. The maximum absolute atomic E-state index is 13.9. The highest BCUT2D eigenvalue weighted by Gasteiger charge is 2.43. The minimum absolute atomic E-state index is 0.0449. The highest BCUT2D eigenvalue weighted by Crippen LogP contribution is 2.46. The summed E-state index contributed by atoms with van der Waals surface area (Å²) in [4.78, 5) is 35.3. The Bertz CT molecular complexity index is 1180. The number of primary amides is 1. The molecule has 3 N–H and O–H groups in total. The molecule has 0 spiro atoms. The Hall–Kier alpha value is -2.85. The number of benzene rings is 1. The number of amides is 2. The van der Waals surface area contributed by atoms with Crippen LogP contribution >= 0.6 is 0 Å². The number of halogens is 1. The van der Waals surface area contributed by atoms with Crippen LogP contribution in [0, 0.1) is 18.7 Å². The second-order valence-corrected chi connectivity index (χ2v) is 16.5. The third-order valence-electron chi connectivity index (χ3n) is 8.07. The topological polar surface area (TPSA) is 110 Å². The van der Waals surface area contributed by atoms with Crippen LogP contribution in [0.15, 0.2) is 24.4 Å². The van der Waals surface area contributed by atoms with Gasteiger partial charge in [0, 0.05) is 36.7 Å². The smallest absolute Gasteiger partial charge is 0.248 e. The van der Waals surface area contributed by atoms with Crippen molar-refractivity contribution in [2.75, 3.05) is 16.8 Å². The van der Waals surface area contributed by atoms with E-state index in [0.29, 0.717) is 12.2 Å². The molecule has 2 aromatic rings. The molecule has 0 radical (unpaired) electrons. The molecule has 0 bridgehead atoms. The summed E-state index contributed by atoms with van der Waals surface area (Å²) in [6.07, 6.45) is 3.43. The summed E-state index contributed by atoms with van der Waals surface area (Å²) >= 11 is 0. The molecule has 2 amide bonds. The van der Waals surface area contributed by atoms with Crippen LogP contribution in [0.1, 0.15) is 81.5 Å². The van der Waals surface area contributed by atoms with E-state index in [1.165, 1.54) is 0 Å². The fourth-order valence-corrected chi connectivity index (χ4v) is 6.04. The predicted octanol–water partition coefficient (Wildman–Crippen LogP) is 5.74. The molecule has 8 nitrogen and oxygen atoms in total. The monoisotopic (exact) mass is 543 g/mol. The zero-order valence-electron chi connectivity index (χ0n) is 23.9. The molecule has 0 saturated heterocycles. The first-order valence-electron chi connectivity index (χ1n) is 13.3. The molecular formula is C28H42FN5O3Si. The van der Waals surface area contributed by atoms with Gasteiger partial charge in [0.05, 0.1) is 17.9 Å². The average Bonchev–Trinajstić information content (AvgIpc) is 2.83. The van der Waals surface area contributed by atoms with Crippen LogP contribution < -0.4 is 16.0 Å². The number of rotatable bonds is 9. The van der Waals surface area contributed by atoms with Crippen molar-refractivity contribution in [3.63, 3.8) is 0 Å². The highest BCUT2D eigenvalue weighted by molar-refractivity contribution is 6.74. The van der Waals surface area contributed by atoms with E-state index in [4.69, 9.17) is 10.2 Å². The number of anilines is 2. The van der Waals surface area contributed by atoms with Crippen molar-refractivity contribution >= 4 is 31.8 Å². The Kier molecular flexibility index (Phi) is 8.98.